The van der Waals surface area contributed by atoms with Crippen molar-refractivity contribution in [1.82, 2.24) is 5.32 Å². The van der Waals surface area contributed by atoms with Crippen LogP contribution in [0.25, 0.3) is 0 Å². The maximum atomic E-state index is 3.83. The molecule has 0 aliphatic heterocycles. The summed E-state index contributed by atoms with van der Waals surface area (Å²) < 4.78 is 0. The lowest BCUT2D eigenvalue weighted by atomic mass is 9.90. The fourth-order valence-corrected chi connectivity index (χ4v) is 2.49. The van der Waals surface area contributed by atoms with E-state index < -0.39 is 0 Å². The molecule has 1 aliphatic carbocycles. The first kappa shape index (κ1) is 12.6. The fourth-order valence-electron chi connectivity index (χ4n) is 2.49. The second-order valence-corrected chi connectivity index (χ2v) is 5.25. The molecule has 0 saturated heterocycles. The molecular formula is C16H25N. The summed E-state index contributed by atoms with van der Waals surface area (Å²) in [6.07, 6.45) is 9.45. The molecule has 0 heterocycles. The topological polar surface area (TPSA) is 12.0 Å². The van der Waals surface area contributed by atoms with Gasteiger partial charge in [0.2, 0.25) is 0 Å². The summed E-state index contributed by atoms with van der Waals surface area (Å²) in [5, 5.41) is 3.83. The van der Waals surface area contributed by atoms with Crippen LogP contribution in [0.4, 0.5) is 0 Å². The lowest BCUT2D eigenvalue weighted by Crippen LogP contribution is -2.37. The highest BCUT2D eigenvalue weighted by atomic mass is 15.0. The molecule has 0 aromatic heterocycles. The average molecular weight is 231 g/mol. The Morgan fingerprint density at radius 2 is 1.94 bits per heavy atom. The standard InChI is InChI=1S/C16H25N/c1-2-3-5-13-16(17-15-11-8-12-15)14-9-6-4-7-10-14/h4,6-7,9-10,15-17H,2-3,5,8,11-13H2,1H3. The second-order valence-electron chi connectivity index (χ2n) is 5.25. The summed E-state index contributed by atoms with van der Waals surface area (Å²) in [4.78, 5) is 0. The molecule has 1 aliphatic rings. The molecule has 1 heteroatoms. The van der Waals surface area contributed by atoms with E-state index in [2.05, 4.69) is 42.6 Å². The van der Waals surface area contributed by atoms with E-state index in [4.69, 9.17) is 0 Å². The van der Waals surface area contributed by atoms with Crippen molar-refractivity contribution >= 4 is 0 Å². The van der Waals surface area contributed by atoms with Crippen molar-refractivity contribution in [2.45, 2.75) is 64.0 Å². The minimum atomic E-state index is 0.577. The quantitative estimate of drug-likeness (QED) is 0.684. The summed E-state index contributed by atoms with van der Waals surface area (Å²) in [6, 6.07) is 12.3. The highest BCUT2D eigenvalue weighted by Gasteiger charge is 2.21. The van der Waals surface area contributed by atoms with Crippen LogP contribution in [0, 0.1) is 0 Å². The highest BCUT2D eigenvalue weighted by molar-refractivity contribution is 5.19. The van der Waals surface area contributed by atoms with Crippen LogP contribution in [0.2, 0.25) is 0 Å². The van der Waals surface area contributed by atoms with Gasteiger partial charge in [-0.05, 0) is 24.8 Å². The molecule has 0 amide bonds. The van der Waals surface area contributed by atoms with E-state index >= 15 is 0 Å². The lowest BCUT2D eigenvalue weighted by Gasteiger charge is -2.32. The molecule has 0 spiro atoms. The zero-order valence-corrected chi connectivity index (χ0v) is 11.0. The summed E-state index contributed by atoms with van der Waals surface area (Å²) in [5.41, 5.74) is 1.47. The van der Waals surface area contributed by atoms with Crippen LogP contribution in [0.5, 0.6) is 0 Å². The van der Waals surface area contributed by atoms with Crippen molar-refractivity contribution in [3.8, 4) is 0 Å². The normalized spacial score (nSPS) is 17.7. The monoisotopic (exact) mass is 231 g/mol. The Bertz CT molecular complexity index is 303. The number of hydrogen-bond donors (Lipinski definition) is 1. The van der Waals surface area contributed by atoms with Crippen LogP contribution in [0.1, 0.15) is 63.5 Å². The smallest absolute Gasteiger partial charge is 0.0322 e. The Labute approximate surface area is 106 Å². The van der Waals surface area contributed by atoms with Crippen molar-refractivity contribution in [2.24, 2.45) is 0 Å². The van der Waals surface area contributed by atoms with Crippen molar-refractivity contribution in [3.63, 3.8) is 0 Å². The molecule has 1 nitrogen and oxygen atoms in total. The average Bonchev–Trinajstić information content (AvgIpc) is 2.32. The van der Waals surface area contributed by atoms with E-state index in [1.54, 1.807) is 0 Å². The fraction of sp³-hybridized carbons (Fsp3) is 0.625. The van der Waals surface area contributed by atoms with Crippen molar-refractivity contribution in [3.05, 3.63) is 35.9 Å². The Morgan fingerprint density at radius 3 is 2.53 bits per heavy atom. The van der Waals surface area contributed by atoms with Crippen LogP contribution in [0.15, 0.2) is 30.3 Å². The third-order valence-corrected chi connectivity index (χ3v) is 3.84. The van der Waals surface area contributed by atoms with E-state index in [1.165, 1.54) is 50.5 Å². The van der Waals surface area contributed by atoms with Gasteiger partial charge in [0.15, 0.2) is 0 Å². The third kappa shape index (κ3) is 3.85. The Kier molecular flexibility index (Phi) is 5.06. The molecule has 2 rings (SSSR count). The van der Waals surface area contributed by atoms with Crippen LogP contribution >= 0.6 is 0 Å². The van der Waals surface area contributed by atoms with E-state index in [1.807, 2.05) is 0 Å². The Balaban J connectivity index is 1.91. The number of nitrogens with one attached hydrogen (secondary N) is 1. The van der Waals surface area contributed by atoms with E-state index in [-0.39, 0.29) is 0 Å². The molecule has 1 aromatic rings. The lowest BCUT2D eigenvalue weighted by molar-refractivity contribution is 0.295. The minimum Gasteiger partial charge on any atom is -0.307 e. The summed E-state index contributed by atoms with van der Waals surface area (Å²) in [5.74, 6) is 0. The largest absolute Gasteiger partial charge is 0.307 e. The Hall–Kier alpha value is -0.820. The zero-order chi connectivity index (χ0) is 11.9. The van der Waals surface area contributed by atoms with Gasteiger partial charge in [0.05, 0.1) is 0 Å². The van der Waals surface area contributed by atoms with Crippen molar-refractivity contribution in [2.75, 3.05) is 0 Å². The molecule has 0 radical (unpaired) electrons. The highest BCUT2D eigenvalue weighted by Crippen LogP contribution is 2.26. The van der Waals surface area contributed by atoms with Crippen LogP contribution in [-0.4, -0.2) is 6.04 Å². The number of hydrogen-bond acceptors (Lipinski definition) is 1. The minimum absolute atomic E-state index is 0.577. The Morgan fingerprint density at radius 1 is 1.18 bits per heavy atom. The molecule has 1 aromatic carbocycles. The van der Waals surface area contributed by atoms with Crippen LogP contribution in [-0.2, 0) is 0 Å². The molecule has 1 N–H and O–H groups in total. The van der Waals surface area contributed by atoms with Gasteiger partial charge in [0, 0.05) is 12.1 Å². The van der Waals surface area contributed by atoms with Crippen LogP contribution in [0.3, 0.4) is 0 Å². The third-order valence-electron chi connectivity index (χ3n) is 3.84. The number of rotatable bonds is 7. The molecule has 94 valence electrons. The molecular weight excluding hydrogens is 206 g/mol. The van der Waals surface area contributed by atoms with Gasteiger partial charge in [-0.15, -0.1) is 0 Å². The number of unbranched alkanes of at least 4 members (excludes halogenated alkanes) is 2. The first-order chi connectivity index (χ1) is 8.40. The maximum Gasteiger partial charge on any atom is 0.0322 e. The van der Waals surface area contributed by atoms with Crippen molar-refractivity contribution < 1.29 is 0 Å². The molecule has 0 bridgehead atoms. The summed E-state index contributed by atoms with van der Waals surface area (Å²) in [7, 11) is 0. The predicted molar refractivity (Wildman–Crippen MR) is 74.1 cm³/mol. The van der Waals surface area contributed by atoms with Gasteiger partial charge in [-0.1, -0.05) is 62.9 Å². The van der Waals surface area contributed by atoms with E-state index in [9.17, 15) is 0 Å². The van der Waals surface area contributed by atoms with E-state index in [0.717, 1.165) is 6.04 Å². The molecule has 17 heavy (non-hydrogen) atoms. The molecule has 1 fully saturated rings. The molecule has 1 unspecified atom stereocenters. The van der Waals surface area contributed by atoms with E-state index in [0.29, 0.717) is 6.04 Å². The number of benzene rings is 1. The zero-order valence-electron chi connectivity index (χ0n) is 11.0. The predicted octanol–water partition coefficient (Wildman–Crippen LogP) is 4.45. The maximum absolute atomic E-state index is 3.83. The molecule has 1 atom stereocenters. The second kappa shape index (κ2) is 6.80. The van der Waals surface area contributed by atoms with Gasteiger partial charge >= 0.3 is 0 Å². The summed E-state index contributed by atoms with van der Waals surface area (Å²) in [6.45, 7) is 2.27. The molecule has 1 saturated carbocycles. The van der Waals surface area contributed by atoms with Crippen molar-refractivity contribution in [1.29, 1.82) is 0 Å². The van der Waals surface area contributed by atoms with Gasteiger partial charge in [0.25, 0.3) is 0 Å². The van der Waals surface area contributed by atoms with Gasteiger partial charge in [-0.25, -0.2) is 0 Å². The SMILES string of the molecule is CCCCCC(NC1CCC1)c1ccccc1. The first-order valence-electron chi connectivity index (χ1n) is 7.21. The van der Waals surface area contributed by atoms with Gasteiger partial charge in [-0.3, -0.25) is 0 Å². The first-order valence-corrected chi connectivity index (χ1v) is 7.21. The van der Waals surface area contributed by atoms with Gasteiger partial charge in [0.1, 0.15) is 0 Å². The van der Waals surface area contributed by atoms with Gasteiger partial charge in [-0.2, -0.15) is 0 Å². The summed E-state index contributed by atoms with van der Waals surface area (Å²) >= 11 is 0. The van der Waals surface area contributed by atoms with Crippen LogP contribution < -0.4 is 5.32 Å². The van der Waals surface area contributed by atoms with Gasteiger partial charge < -0.3 is 5.32 Å².